The van der Waals surface area contributed by atoms with Crippen molar-refractivity contribution in [2.24, 2.45) is 5.73 Å². The zero-order chi connectivity index (χ0) is 17.9. The Morgan fingerprint density at radius 1 is 1.00 bits per heavy atom. The van der Waals surface area contributed by atoms with E-state index < -0.39 is 10.0 Å². The molecular weight excluding hydrogens is 336 g/mol. The Bertz CT molecular complexity index is 850. The fraction of sp³-hybridized carbons (Fsp3) is 0.316. The van der Waals surface area contributed by atoms with E-state index in [9.17, 15) is 13.2 Å². The molecule has 1 aliphatic carbocycles. The van der Waals surface area contributed by atoms with Crippen LogP contribution in [0.2, 0.25) is 0 Å². The van der Waals surface area contributed by atoms with Gasteiger partial charge in [0, 0.05) is 23.2 Å². The average molecular weight is 358 g/mol. The Labute approximate surface area is 148 Å². The minimum Gasteiger partial charge on any atom is -0.328 e. The van der Waals surface area contributed by atoms with Crippen molar-refractivity contribution in [3.05, 3.63) is 65.7 Å². The third-order valence-electron chi connectivity index (χ3n) is 4.49. The number of carbonyl (C=O) groups is 1. The van der Waals surface area contributed by atoms with Crippen molar-refractivity contribution in [1.82, 2.24) is 4.72 Å². The number of carbonyl (C=O) groups excluding carboxylic acids is 1. The molecule has 2 aromatic rings. The van der Waals surface area contributed by atoms with Gasteiger partial charge in [0.15, 0.2) is 5.78 Å². The van der Waals surface area contributed by atoms with Crippen molar-refractivity contribution in [3.8, 4) is 0 Å². The quantitative estimate of drug-likeness (QED) is 0.804. The molecule has 5 nitrogen and oxygen atoms in total. The molecule has 2 atom stereocenters. The summed E-state index contributed by atoms with van der Waals surface area (Å²) in [4.78, 5) is 12.8. The van der Waals surface area contributed by atoms with E-state index in [1.165, 1.54) is 6.07 Å². The zero-order valence-electron chi connectivity index (χ0n) is 13.9. The number of hydrogen-bond donors (Lipinski definition) is 2. The van der Waals surface area contributed by atoms with Gasteiger partial charge < -0.3 is 5.73 Å². The standard InChI is InChI=1S/C19H22N2O3S/c20-15-9-6-10-16(13-15)21-25(23,24)18-12-5-4-11-17(18)19(22)14-7-2-1-3-8-14/h1-5,7-8,11-12,15-16,21H,6,9-10,13,20H2. The largest absolute Gasteiger partial charge is 0.328 e. The minimum atomic E-state index is -3.79. The van der Waals surface area contributed by atoms with E-state index in [0.29, 0.717) is 12.0 Å². The maximum atomic E-state index is 12.9. The molecule has 25 heavy (non-hydrogen) atoms. The van der Waals surface area contributed by atoms with Crippen molar-refractivity contribution in [2.75, 3.05) is 0 Å². The van der Waals surface area contributed by atoms with Gasteiger partial charge in [0.25, 0.3) is 0 Å². The summed E-state index contributed by atoms with van der Waals surface area (Å²) in [7, 11) is -3.79. The van der Waals surface area contributed by atoms with Gasteiger partial charge in [-0.1, -0.05) is 48.9 Å². The van der Waals surface area contributed by atoms with Gasteiger partial charge in [-0.15, -0.1) is 0 Å². The van der Waals surface area contributed by atoms with E-state index in [-0.39, 0.29) is 28.3 Å². The van der Waals surface area contributed by atoms with E-state index in [0.717, 1.165) is 19.3 Å². The summed E-state index contributed by atoms with van der Waals surface area (Å²) in [5.41, 5.74) is 6.59. The first kappa shape index (κ1) is 17.8. The fourth-order valence-corrected chi connectivity index (χ4v) is 4.74. The van der Waals surface area contributed by atoms with Crippen LogP contribution >= 0.6 is 0 Å². The maximum absolute atomic E-state index is 12.9. The molecule has 2 aromatic carbocycles. The average Bonchev–Trinajstić information content (AvgIpc) is 2.61. The molecule has 1 saturated carbocycles. The van der Waals surface area contributed by atoms with Crippen molar-refractivity contribution in [3.63, 3.8) is 0 Å². The molecular formula is C19H22N2O3S. The molecule has 3 rings (SSSR count). The summed E-state index contributed by atoms with van der Waals surface area (Å²) >= 11 is 0. The second kappa shape index (κ2) is 7.47. The topological polar surface area (TPSA) is 89.3 Å². The highest BCUT2D eigenvalue weighted by Gasteiger charge is 2.28. The molecule has 0 aromatic heterocycles. The Balaban J connectivity index is 1.90. The highest BCUT2D eigenvalue weighted by molar-refractivity contribution is 7.89. The SMILES string of the molecule is NC1CCCC(NS(=O)(=O)c2ccccc2C(=O)c2ccccc2)C1. The van der Waals surface area contributed by atoms with Gasteiger partial charge in [-0.2, -0.15) is 0 Å². The number of rotatable bonds is 5. The van der Waals surface area contributed by atoms with Crippen LogP contribution in [0.5, 0.6) is 0 Å². The molecule has 0 saturated heterocycles. The molecule has 0 amide bonds. The highest BCUT2D eigenvalue weighted by Crippen LogP contribution is 2.23. The van der Waals surface area contributed by atoms with Gasteiger partial charge in [-0.25, -0.2) is 13.1 Å². The van der Waals surface area contributed by atoms with Gasteiger partial charge in [-0.05, 0) is 31.4 Å². The summed E-state index contributed by atoms with van der Waals surface area (Å²) in [6.45, 7) is 0. The first-order valence-corrected chi connectivity index (χ1v) is 9.92. The zero-order valence-corrected chi connectivity index (χ0v) is 14.7. The van der Waals surface area contributed by atoms with E-state index in [1.807, 2.05) is 6.07 Å². The van der Waals surface area contributed by atoms with E-state index in [4.69, 9.17) is 5.73 Å². The molecule has 6 heteroatoms. The van der Waals surface area contributed by atoms with E-state index in [1.54, 1.807) is 42.5 Å². The Morgan fingerprint density at radius 2 is 1.68 bits per heavy atom. The van der Waals surface area contributed by atoms with E-state index in [2.05, 4.69) is 4.72 Å². The normalized spacial score (nSPS) is 21.0. The van der Waals surface area contributed by atoms with Crippen LogP contribution < -0.4 is 10.5 Å². The monoisotopic (exact) mass is 358 g/mol. The van der Waals surface area contributed by atoms with Crippen molar-refractivity contribution in [1.29, 1.82) is 0 Å². The lowest BCUT2D eigenvalue weighted by atomic mass is 9.92. The van der Waals surface area contributed by atoms with Crippen LogP contribution in [0.4, 0.5) is 0 Å². The molecule has 1 aliphatic rings. The van der Waals surface area contributed by atoms with Crippen molar-refractivity contribution in [2.45, 2.75) is 42.7 Å². The molecule has 0 radical (unpaired) electrons. The Hall–Kier alpha value is -2.02. The van der Waals surface area contributed by atoms with Crippen LogP contribution in [0.1, 0.15) is 41.6 Å². The van der Waals surface area contributed by atoms with Gasteiger partial charge in [0.05, 0.1) is 4.90 Å². The van der Waals surface area contributed by atoms with E-state index >= 15 is 0 Å². The van der Waals surface area contributed by atoms with Gasteiger partial charge >= 0.3 is 0 Å². The number of nitrogens with one attached hydrogen (secondary N) is 1. The summed E-state index contributed by atoms with van der Waals surface area (Å²) in [5, 5.41) is 0. The summed E-state index contributed by atoms with van der Waals surface area (Å²) in [6.07, 6.45) is 3.20. The molecule has 0 heterocycles. The molecule has 1 fully saturated rings. The van der Waals surface area contributed by atoms with Crippen molar-refractivity contribution >= 4 is 15.8 Å². The molecule has 0 bridgehead atoms. The molecule has 132 valence electrons. The summed E-state index contributed by atoms with van der Waals surface area (Å²) in [6, 6.07) is 14.8. The van der Waals surface area contributed by atoms with Crippen LogP contribution in [0.3, 0.4) is 0 Å². The molecule has 0 aliphatic heterocycles. The first-order valence-electron chi connectivity index (χ1n) is 8.44. The lowest BCUT2D eigenvalue weighted by molar-refractivity contribution is 0.103. The van der Waals surface area contributed by atoms with Crippen LogP contribution in [0, 0.1) is 0 Å². The van der Waals surface area contributed by atoms with Crippen molar-refractivity contribution < 1.29 is 13.2 Å². The van der Waals surface area contributed by atoms with Gasteiger partial charge in [-0.3, -0.25) is 4.79 Å². The Kier molecular flexibility index (Phi) is 5.32. The number of hydrogen-bond acceptors (Lipinski definition) is 4. The molecule has 0 spiro atoms. The second-order valence-electron chi connectivity index (χ2n) is 6.44. The second-order valence-corrected chi connectivity index (χ2v) is 8.12. The number of sulfonamides is 1. The number of nitrogens with two attached hydrogens (primary N) is 1. The predicted octanol–water partition coefficient (Wildman–Crippen LogP) is 2.47. The van der Waals surface area contributed by atoms with Gasteiger partial charge in [0.2, 0.25) is 10.0 Å². The highest BCUT2D eigenvalue weighted by atomic mass is 32.2. The molecule has 2 unspecified atom stereocenters. The fourth-order valence-electron chi connectivity index (χ4n) is 3.25. The third-order valence-corrected chi connectivity index (χ3v) is 6.07. The summed E-state index contributed by atoms with van der Waals surface area (Å²) in [5.74, 6) is -0.304. The smallest absolute Gasteiger partial charge is 0.241 e. The lowest BCUT2D eigenvalue weighted by Crippen LogP contribution is -2.42. The van der Waals surface area contributed by atoms with Crippen LogP contribution in [-0.2, 0) is 10.0 Å². The van der Waals surface area contributed by atoms with Crippen LogP contribution in [0.15, 0.2) is 59.5 Å². The Morgan fingerprint density at radius 3 is 2.40 bits per heavy atom. The number of ketones is 1. The minimum absolute atomic E-state index is 0.0163. The van der Waals surface area contributed by atoms with Crippen LogP contribution in [0.25, 0.3) is 0 Å². The first-order chi connectivity index (χ1) is 12.0. The maximum Gasteiger partial charge on any atom is 0.241 e. The third kappa shape index (κ3) is 4.15. The predicted molar refractivity (Wildman–Crippen MR) is 96.9 cm³/mol. The number of benzene rings is 2. The molecule has 3 N–H and O–H groups in total. The summed E-state index contributed by atoms with van der Waals surface area (Å²) < 4.78 is 28.4. The lowest BCUT2D eigenvalue weighted by Gasteiger charge is -2.27. The van der Waals surface area contributed by atoms with Crippen LogP contribution in [-0.4, -0.2) is 26.3 Å². The van der Waals surface area contributed by atoms with Gasteiger partial charge in [0.1, 0.15) is 0 Å².